The number of anilines is 1. The second kappa shape index (κ2) is 3.63. The first kappa shape index (κ1) is 9.40. The summed E-state index contributed by atoms with van der Waals surface area (Å²) in [7, 11) is 0. The molecule has 0 atom stereocenters. The number of nitrogens with one attached hydrogen (secondary N) is 1. The van der Waals surface area contributed by atoms with Gasteiger partial charge in [-0.1, -0.05) is 24.8 Å². The monoisotopic (exact) mass is 210 g/mol. The van der Waals surface area contributed by atoms with Crippen LogP contribution in [-0.2, 0) is 0 Å². The van der Waals surface area contributed by atoms with Gasteiger partial charge in [-0.15, -0.1) is 0 Å². The van der Waals surface area contributed by atoms with Crippen LogP contribution in [0.1, 0.15) is 12.8 Å². The van der Waals surface area contributed by atoms with Gasteiger partial charge in [0.25, 0.3) is 0 Å². The van der Waals surface area contributed by atoms with Gasteiger partial charge in [-0.3, -0.25) is 4.98 Å². The molecular formula is C14H14N2. The van der Waals surface area contributed by atoms with Crippen molar-refractivity contribution in [2.45, 2.75) is 12.8 Å². The Morgan fingerprint density at radius 2 is 2.06 bits per heavy atom. The molecule has 0 amide bonds. The molecule has 0 spiro atoms. The fourth-order valence-electron chi connectivity index (χ4n) is 1.91. The highest BCUT2D eigenvalue weighted by Gasteiger charge is 2.24. The summed E-state index contributed by atoms with van der Waals surface area (Å²) in [4.78, 5) is 4.41. The first-order chi connectivity index (χ1) is 7.84. The summed E-state index contributed by atoms with van der Waals surface area (Å²) in [6, 6.07) is 10.2. The molecule has 1 saturated carbocycles. The third kappa shape index (κ3) is 1.67. The van der Waals surface area contributed by atoms with Crippen LogP contribution in [0.2, 0.25) is 0 Å². The Labute approximate surface area is 95.0 Å². The minimum absolute atomic E-state index is 0.666. The molecule has 1 aliphatic carbocycles. The van der Waals surface area contributed by atoms with Gasteiger partial charge in [0, 0.05) is 17.3 Å². The lowest BCUT2D eigenvalue weighted by Crippen LogP contribution is -2.00. The van der Waals surface area contributed by atoms with Crippen molar-refractivity contribution >= 4 is 16.6 Å². The van der Waals surface area contributed by atoms with Crippen LogP contribution in [0.25, 0.3) is 10.9 Å². The first-order valence-electron chi connectivity index (χ1n) is 5.64. The molecule has 1 aromatic carbocycles. The van der Waals surface area contributed by atoms with Crippen LogP contribution in [0, 0.1) is 5.92 Å². The van der Waals surface area contributed by atoms with Gasteiger partial charge in [0.2, 0.25) is 0 Å². The largest absolute Gasteiger partial charge is 0.357 e. The Morgan fingerprint density at radius 3 is 2.88 bits per heavy atom. The highest BCUT2D eigenvalue weighted by atomic mass is 14.9. The Hall–Kier alpha value is -1.83. The van der Waals surface area contributed by atoms with Crippen molar-refractivity contribution in [3.63, 3.8) is 0 Å². The SMILES string of the molecule is C=C(Nc1cccc2cccnc12)C1CC1. The number of hydrogen-bond donors (Lipinski definition) is 1. The van der Waals surface area contributed by atoms with E-state index in [-0.39, 0.29) is 0 Å². The van der Waals surface area contributed by atoms with Crippen molar-refractivity contribution in [3.8, 4) is 0 Å². The van der Waals surface area contributed by atoms with Gasteiger partial charge in [0.05, 0.1) is 11.2 Å². The number of aromatic nitrogens is 1. The standard InChI is InChI=1S/C14H14N2/c1-10(11-7-8-11)16-13-6-2-4-12-5-3-9-15-14(12)13/h2-6,9,11,16H,1,7-8H2. The number of fused-ring (bicyclic) bond motifs is 1. The Balaban J connectivity index is 1.99. The van der Waals surface area contributed by atoms with Gasteiger partial charge in [0.15, 0.2) is 0 Å². The van der Waals surface area contributed by atoms with Crippen molar-refractivity contribution in [2.24, 2.45) is 5.92 Å². The van der Waals surface area contributed by atoms with E-state index in [1.165, 1.54) is 12.8 Å². The maximum absolute atomic E-state index is 4.41. The van der Waals surface area contributed by atoms with E-state index in [0.29, 0.717) is 5.92 Å². The maximum atomic E-state index is 4.41. The summed E-state index contributed by atoms with van der Waals surface area (Å²) in [5.74, 6) is 0.666. The molecule has 0 bridgehead atoms. The molecule has 3 rings (SSSR count). The number of benzene rings is 1. The topological polar surface area (TPSA) is 24.9 Å². The Bertz CT molecular complexity index is 536. The predicted molar refractivity (Wildman–Crippen MR) is 67.2 cm³/mol. The van der Waals surface area contributed by atoms with E-state index in [1.807, 2.05) is 18.3 Å². The van der Waals surface area contributed by atoms with Crippen LogP contribution in [-0.4, -0.2) is 4.98 Å². The minimum atomic E-state index is 0.666. The highest BCUT2D eigenvalue weighted by Crippen LogP contribution is 2.36. The molecule has 0 saturated heterocycles. The van der Waals surface area contributed by atoms with Gasteiger partial charge in [-0.25, -0.2) is 0 Å². The molecular weight excluding hydrogens is 196 g/mol. The summed E-state index contributed by atoms with van der Waals surface area (Å²) in [5.41, 5.74) is 3.21. The van der Waals surface area contributed by atoms with Gasteiger partial charge >= 0.3 is 0 Å². The number of allylic oxidation sites excluding steroid dienone is 1. The molecule has 1 N–H and O–H groups in total. The zero-order valence-electron chi connectivity index (χ0n) is 9.11. The summed E-state index contributed by atoms with van der Waals surface area (Å²) in [6.07, 6.45) is 4.36. The van der Waals surface area contributed by atoms with E-state index in [2.05, 4.69) is 35.1 Å². The number of para-hydroxylation sites is 1. The summed E-state index contributed by atoms with van der Waals surface area (Å²) < 4.78 is 0. The molecule has 1 aliphatic rings. The van der Waals surface area contributed by atoms with Gasteiger partial charge in [-0.2, -0.15) is 0 Å². The van der Waals surface area contributed by atoms with Crippen LogP contribution in [0.5, 0.6) is 0 Å². The molecule has 0 unspecified atom stereocenters. The normalized spacial score (nSPS) is 15.0. The van der Waals surface area contributed by atoms with Crippen LogP contribution < -0.4 is 5.32 Å². The number of pyridine rings is 1. The molecule has 2 aromatic rings. The lowest BCUT2D eigenvalue weighted by atomic mass is 10.2. The third-order valence-electron chi connectivity index (χ3n) is 3.00. The van der Waals surface area contributed by atoms with Gasteiger partial charge in [-0.05, 0) is 30.9 Å². The van der Waals surface area contributed by atoms with Gasteiger partial charge < -0.3 is 5.32 Å². The van der Waals surface area contributed by atoms with E-state index >= 15 is 0 Å². The molecule has 0 radical (unpaired) electrons. The Kier molecular flexibility index (Phi) is 2.13. The second-order valence-corrected chi connectivity index (χ2v) is 4.31. The summed E-state index contributed by atoms with van der Waals surface area (Å²) in [6.45, 7) is 4.08. The average Bonchev–Trinajstić information content (AvgIpc) is 3.13. The van der Waals surface area contributed by atoms with Crippen molar-refractivity contribution in [1.82, 2.24) is 4.98 Å². The maximum Gasteiger partial charge on any atom is 0.0936 e. The molecule has 1 heterocycles. The highest BCUT2D eigenvalue weighted by molar-refractivity contribution is 5.90. The quantitative estimate of drug-likeness (QED) is 0.837. The molecule has 1 aromatic heterocycles. The van der Waals surface area contributed by atoms with Crippen molar-refractivity contribution < 1.29 is 0 Å². The van der Waals surface area contributed by atoms with E-state index in [4.69, 9.17) is 0 Å². The van der Waals surface area contributed by atoms with Crippen molar-refractivity contribution in [2.75, 3.05) is 5.32 Å². The number of rotatable bonds is 3. The summed E-state index contributed by atoms with van der Waals surface area (Å²) >= 11 is 0. The zero-order valence-corrected chi connectivity index (χ0v) is 9.11. The van der Waals surface area contributed by atoms with Crippen LogP contribution in [0.4, 0.5) is 5.69 Å². The minimum Gasteiger partial charge on any atom is -0.357 e. The molecule has 2 heteroatoms. The predicted octanol–water partition coefficient (Wildman–Crippen LogP) is 3.57. The molecule has 16 heavy (non-hydrogen) atoms. The molecule has 1 fully saturated rings. The molecule has 80 valence electrons. The smallest absolute Gasteiger partial charge is 0.0936 e. The van der Waals surface area contributed by atoms with Crippen LogP contribution in [0.15, 0.2) is 48.8 Å². The molecule has 0 aliphatic heterocycles. The van der Waals surface area contributed by atoms with E-state index < -0.39 is 0 Å². The van der Waals surface area contributed by atoms with E-state index in [1.54, 1.807) is 0 Å². The summed E-state index contributed by atoms with van der Waals surface area (Å²) in [5, 5.41) is 4.55. The fourth-order valence-corrected chi connectivity index (χ4v) is 1.91. The number of hydrogen-bond acceptors (Lipinski definition) is 2. The average molecular weight is 210 g/mol. The molecule has 2 nitrogen and oxygen atoms in total. The van der Waals surface area contributed by atoms with Crippen LogP contribution >= 0.6 is 0 Å². The fraction of sp³-hybridized carbons (Fsp3) is 0.214. The second-order valence-electron chi connectivity index (χ2n) is 4.31. The van der Waals surface area contributed by atoms with E-state index in [9.17, 15) is 0 Å². The van der Waals surface area contributed by atoms with Crippen LogP contribution in [0.3, 0.4) is 0 Å². The zero-order chi connectivity index (χ0) is 11.0. The lowest BCUT2D eigenvalue weighted by molar-refractivity contribution is 1.02. The third-order valence-corrected chi connectivity index (χ3v) is 3.00. The van der Waals surface area contributed by atoms with E-state index in [0.717, 1.165) is 22.3 Å². The van der Waals surface area contributed by atoms with Crippen molar-refractivity contribution in [3.05, 3.63) is 48.8 Å². The first-order valence-corrected chi connectivity index (χ1v) is 5.64. The Morgan fingerprint density at radius 1 is 1.25 bits per heavy atom. The van der Waals surface area contributed by atoms with Crippen molar-refractivity contribution in [1.29, 1.82) is 0 Å². The lowest BCUT2D eigenvalue weighted by Gasteiger charge is -2.10. The number of nitrogens with zero attached hydrogens (tertiary/aromatic N) is 1. The van der Waals surface area contributed by atoms with Gasteiger partial charge in [0.1, 0.15) is 0 Å².